The van der Waals surface area contributed by atoms with Crippen LogP contribution in [0, 0.1) is 0 Å². The first kappa shape index (κ1) is 21.0. The number of fused-ring (bicyclic) bond motifs is 3. The minimum Gasteiger partial charge on any atom is -0.355 e. The van der Waals surface area contributed by atoms with Crippen LogP contribution < -0.4 is 10.9 Å². The van der Waals surface area contributed by atoms with Gasteiger partial charge in [0.15, 0.2) is 5.16 Å². The zero-order chi connectivity index (χ0) is 21.9. The van der Waals surface area contributed by atoms with Crippen LogP contribution in [0.25, 0.3) is 15.9 Å². The van der Waals surface area contributed by atoms with E-state index in [2.05, 4.69) is 17.4 Å². The predicted molar refractivity (Wildman–Crippen MR) is 131 cm³/mol. The van der Waals surface area contributed by atoms with Gasteiger partial charge in [0.2, 0.25) is 5.91 Å². The van der Waals surface area contributed by atoms with Gasteiger partial charge in [-0.25, -0.2) is 4.98 Å². The second-order valence-corrected chi connectivity index (χ2v) is 9.81. The highest BCUT2D eigenvalue weighted by Gasteiger charge is 2.24. The molecule has 2 aromatic heterocycles. The van der Waals surface area contributed by atoms with Crippen molar-refractivity contribution in [2.75, 3.05) is 12.3 Å². The van der Waals surface area contributed by atoms with Gasteiger partial charge in [0, 0.05) is 11.4 Å². The van der Waals surface area contributed by atoms with Gasteiger partial charge in [0.25, 0.3) is 5.56 Å². The first-order chi connectivity index (χ1) is 15.7. The van der Waals surface area contributed by atoms with Gasteiger partial charge >= 0.3 is 0 Å². The number of rotatable bonds is 7. The molecule has 1 amide bonds. The van der Waals surface area contributed by atoms with E-state index in [0.29, 0.717) is 11.7 Å². The first-order valence-electron chi connectivity index (χ1n) is 10.8. The van der Waals surface area contributed by atoms with E-state index in [-0.39, 0.29) is 17.2 Å². The number of benzene rings is 2. The Kier molecular flexibility index (Phi) is 6.10. The normalized spacial score (nSPS) is 12.8. The standard InChI is InChI=1S/C25H23N3O2S2/c29-21(26-15-14-17-8-3-1-4-9-17)16-31-25-27-23-22(19-12-7-13-20(19)32-23)24(30)28(25)18-10-5-2-6-11-18/h1-6,8-11H,7,12-16H2,(H,26,29). The third-order valence-electron chi connectivity index (χ3n) is 5.63. The summed E-state index contributed by atoms with van der Waals surface area (Å²) in [5, 5.41) is 4.29. The maximum Gasteiger partial charge on any atom is 0.267 e. The summed E-state index contributed by atoms with van der Waals surface area (Å²) >= 11 is 2.94. The second-order valence-electron chi connectivity index (χ2n) is 7.78. The third-order valence-corrected chi connectivity index (χ3v) is 7.76. The first-order valence-corrected chi connectivity index (χ1v) is 12.6. The lowest BCUT2D eigenvalue weighted by atomic mass is 10.1. The smallest absolute Gasteiger partial charge is 0.267 e. The van der Waals surface area contributed by atoms with Gasteiger partial charge in [0.1, 0.15) is 4.83 Å². The Morgan fingerprint density at radius 1 is 1.06 bits per heavy atom. The fourth-order valence-electron chi connectivity index (χ4n) is 4.10. The molecular formula is C25H23N3O2S2. The van der Waals surface area contributed by atoms with E-state index in [1.54, 1.807) is 15.9 Å². The van der Waals surface area contributed by atoms with Crippen molar-refractivity contribution in [3.63, 3.8) is 0 Å². The van der Waals surface area contributed by atoms with E-state index < -0.39 is 0 Å². The van der Waals surface area contributed by atoms with Crippen molar-refractivity contribution in [2.45, 2.75) is 30.8 Å². The van der Waals surface area contributed by atoms with E-state index in [9.17, 15) is 9.59 Å². The third kappa shape index (κ3) is 4.23. The molecule has 0 spiro atoms. The predicted octanol–water partition coefficient (Wildman–Crippen LogP) is 4.39. The summed E-state index contributed by atoms with van der Waals surface area (Å²) in [6.45, 7) is 0.582. The lowest BCUT2D eigenvalue weighted by molar-refractivity contribution is -0.118. The van der Waals surface area contributed by atoms with Gasteiger partial charge in [-0.05, 0) is 48.9 Å². The highest BCUT2D eigenvalue weighted by atomic mass is 32.2. The van der Waals surface area contributed by atoms with Crippen molar-refractivity contribution in [3.8, 4) is 5.69 Å². The van der Waals surface area contributed by atoms with Gasteiger partial charge in [-0.2, -0.15) is 0 Å². The Hall–Kier alpha value is -2.90. The number of nitrogens with zero attached hydrogens (tertiary/aromatic N) is 2. The van der Waals surface area contributed by atoms with Gasteiger partial charge in [-0.15, -0.1) is 11.3 Å². The molecule has 0 atom stereocenters. The lowest BCUT2D eigenvalue weighted by Crippen LogP contribution is -2.28. The Bertz CT molecular complexity index is 1310. The number of hydrogen-bond acceptors (Lipinski definition) is 5. The van der Waals surface area contributed by atoms with Gasteiger partial charge in [-0.3, -0.25) is 14.2 Å². The summed E-state index contributed by atoms with van der Waals surface area (Å²) in [5.74, 6) is 0.151. The number of amides is 1. The molecule has 0 unspecified atom stereocenters. The van der Waals surface area contributed by atoms with E-state index in [0.717, 1.165) is 41.6 Å². The average Bonchev–Trinajstić information content (AvgIpc) is 3.40. The van der Waals surface area contributed by atoms with E-state index >= 15 is 0 Å². The summed E-state index contributed by atoms with van der Waals surface area (Å²) in [7, 11) is 0. The molecule has 5 nitrogen and oxygen atoms in total. The molecule has 1 aliphatic carbocycles. The van der Waals surface area contributed by atoms with E-state index in [1.807, 2.05) is 48.5 Å². The number of carbonyl (C=O) groups excluding carboxylic acids is 1. The number of hydrogen-bond donors (Lipinski definition) is 1. The van der Waals surface area contributed by atoms with Crippen LogP contribution in [0.4, 0.5) is 0 Å². The van der Waals surface area contributed by atoms with Crippen molar-refractivity contribution in [2.24, 2.45) is 0 Å². The fraction of sp³-hybridized carbons (Fsp3) is 0.240. The van der Waals surface area contributed by atoms with E-state index in [4.69, 9.17) is 4.98 Å². The van der Waals surface area contributed by atoms with Crippen molar-refractivity contribution in [1.82, 2.24) is 14.9 Å². The van der Waals surface area contributed by atoms with Crippen molar-refractivity contribution >= 4 is 39.2 Å². The van der Waals surface area contributed by atoms with Crippen LogP contribution in [-0.4, -0.2) is 27.8 Å². The van der Waals surface area contributed by atoms with Crippen LogP contribution in [0.2, 0.25) is 0 Å². The molecule has 162 valence electrons. The summed E-state index contributed by atoms with van der Waals surface area (Å²) in [6.07, 6.45) is 3.85. The summed E-state index contributed by atoms with van der Waals surface area (Å²) in [6, 6.07) is 19.7. The molecule has 2 heterocycles. The molecule has 2 aromatic carbocycles. The van der Waals surface area contributed by atoms with Crippen molar-refractivity contribution < 1.29 is 4.79 Å². The van der Waals surface area contributed by atoms with Gasteiger partial charge in [0.05, 0.1) is 16.8 Å². The molecule has 7 heteroatoms. The topological polar surface area (TPSA) is 64.0 Å². The van der Waals surface area contributed by atoms with E-state index in [1.165, 1.54) is 27.8 Å². The number of aryl methyl sites for hydroxylation is 2. The number of thioether (sulfide) groups is 1. The molecule has 0 bridgehead atoms. The monoisotopic (exact) mass is 461 g/mol. The van der Waals surface area contributed by atoms with Crippen molar-refractivity contribution in [1.29, 1.82) is 0 Å². The number of nitrogens with one attached hydrogen (secondary N) is 1. The van der Waals surface area contributed by atoms with Crippen molar-refractivity contribution in [3.05, 3.63) is 87.0 Å². The quantitative estimate of drug-likeness (QED) is 0.328. The molecule has 4 aromatic rings. The molecule has 32 heavy (non-hydrogen) atoms. The molecular weight excluding hydrogens is 438 g/mol. The molecule has 0 saturated heterocycles. The van der Waals surface area contributed by atoms with Crippen LogP contribution in [0.1, 0.15) is 22.4 Å². The maximum absolute atomic E-state index is 13.6. The van der Waals surface area contributed by atoms with Gasteiger partial charge < -0.3 is 5.32 Å². The van der Waals surface area contributed by atoms with Crippen LogP contribution in [-0.2, 0) is 24.1 Å². The largest absolute Gasteiger partial charge is 0.355 e. The average molecular weight is 462 g/mol. The highest BCUT2D eigenvalue weighted by Crippen LogP contribution is 2.36. The van der Waals surface area contributed by atoms with Crippen LogP contribution in [0.3, 0.4) is 0 Å². The second kappa shape index (κ2) is 9.30. The number of carbonyl (C=O) groups is 1. The van der Waals surface area contributed by atoms with Crippen LogP contribution in [0.5, 0.6) is 0 Å². The molecule has 5 rings (SSSR count). The zero-order valence-electron chi connectivity index (χ0n) is 17.5. The summed E-state index contributed by atoms with van der Waals surface area (Å²) in [5.41, 5.74) is 3.10. The Morgan fingerprint density at radius 3 is 2.59 bits per heavy atom. The maximum atomic E-state index is 13.6. The lowest BCUT2D eigenvalue weighted by Gasteiger charge is -2.12. The summed E-state index contributed by atoms with van der Waals surface area (Å²) in [4.78, 5) is 32.9. The zero-order valence-corrected chi connectivity index (χ0v) is 19.2. The number of thiophene rings is 1. The SMILES string of the molecule is O=C(CSc1nc2sc3c(c2c(=O)n1-c1ccccc1)CCC3)NCCc1ccccc1. The van der Waals surface area contributed by atoms with Crippen LogP contribution >= 0.6 is 23.1 Å². The Balaban J connectivity index is 1.38. The minimum absolute atomic E-state index is 0.0346. The summed E-state index contributed by atoms with van der Waals surface area (Å²) < 4.78 is 1.66. The van der Waals surface area contributed by atoms with Gasteiger partial charge in [-0.1, -0.05) is 60.3 Å². The molecule has 0 fully saturated rings. The fourth-order valence-corrected chi connectivity index (χ4v) is 6.24. The molecule has 0 aliphatic heterocycles. The van der Waals surface area contributed by atoms with Crippen LogP contribution in [0.15, 0.2) is 70.6 Å². The number of para-hydroxylation sites is 1. The molecule has 0 saturated carbocycles. The number of aromatic nitrogens is 2. The minimum atomic E-state index is -0.0615. The molecule has 1 aliphatic rings. The molecule has 0 radical (unpaired) electrons. The Morgan fingerprint density at radius 2 is 1.81 bits per heavy atom. The molecule has 1 N–H and O–H groups in total. The highest BCUT2D eigenvalue weighted by molar-refractivity contribution is 7.99. The Labute approximate surface area is 194 Å².